The largest absolute Gasteiger partial charge is 0.493 e. The summed E-state index contributed by atoms with van der Waals surface area (Å²) >= 11 is 5.92. The molecule has 0 spiro atoms. The molecular weight excluding hydrogens is 310 g/mol. The summed E-state index contributed by atoms with van der Waals surface area (Å²) in [4.78, 5) is 19.4. The number of aliphatic carboxylic acids is 1. The Morgan fingerprint density at radius 3 is 2.50 bits per heavy atom. The predicted octanol–water partition coefficient (Wildman–Crippen LogP) is 2.58. The van der Waals surface area contributed by atoms with Crippen molar-refractivity contribution >= 4 is 34.3 Å². The molecule has 0 aliphatic rings. The number of carboxylic acids is 1. The zero-order valence-electron chi connectivity index (χ0n) is 12.4. The Morgan fingerprint density at radius 1 is 1.32 bits per heavy atom. The van der Waals surface area contributed by atoms with Crippen molar-refractivity contribution in [2.24, 2.45) is 0 Å². The summed E-state index contributed by atoms with van der Waals surface area (Å²) in [6.45, 7) is 1.76. The Bertz CT molecular complexity index is 708. The Kier molecular flexibility index (Phi) is 4.87. The van der Waals surface area contributed by atoms with Gasteiger partial charge in [0.25, 0.3) is 0 Å². The van der Waals surface area contributed by atoms with Gasteiger partial charge in [-0.3, -0.25) is 0 Å². The summed E-state index contributed by atoms with van der Waals surface area (Å²) in [6, 6.07) is 2.57. The van der Waals surface area contributed by atoms with Gasteiger partial charge in [0, 0.05) is 11.5 Å². The van der Waals surface area contributed by atoms with Crippen LogP contribution in [0.15, 0.2) is 12.1 Å². The molecule has 0 aliphatic carbocycles. The second-order valence-corrected chi connectivity index (χ2v) is 4.85. The number of hydrogen-bond donors (Lipinski definition) is 2. The Morgan fingerprint density at radius 2 is 1.95 bits per heavy atom. The second-order valence-electron chi connectivity index (χ2n) is 4.51. The van der Waals surface area contributed by atoms with E-state index in [9.17, 15) is 9.90 Å². The number of benzene rings is 1. The van der Waals surface area contributed by atoms with Gasteiger partial charge < -0.3 is 19.9 Å². The highest BCUT2D eigenvalue weighted by Gasteiger charge is 2.19. The minimum atomic E-state index is -0.967. The highest BCUT2D eigenvalue weighted by Crippen LogP contribution is 2.34. The number of aromatic nitrogens is 2. The number of methoxy groups -OCH3 is 2. The lowest BCUT2D eigenvalue weighted by Gasteiger charge is -2.16. The summed E-state index contributed by atoms with van der Waals surface area (Å²) in [5, 5.41) is 12.7. The second kappa shape index (κ2) is 6.65. The van der Waals surface area contributed by atoms with Crippen LogP contribution < -0.4 is 14.8 Å². The van der Waals surface area contributed by atoms with Crippen LogP contribution in [0.25, 0.3) is 10.9 Å². The average Bonchev–Trinajstić information content (AvgIpc) is 2.50. The highest BCUT2D eigenvalue weighted by atomic mass is 35.5. The van der Waals surface area contributed by atoms with Gasteiger partial charge in [-0.25, -0.2) is 14.8 Å². The third kappa shape index (κ3) is 3.14. The molecule has 2 aromatic rings. The van der Waals surface area contributed by atoms with Crippen LogP contribution in [-0.4, -0.2) is 41.3 Å². The van der Waals surface area contributed by atoms with E-state index in [1.165, 1.54) is 14.2 Å². The van der Waals surface area contributed by atoms with Crippen molar-refractivity contribution in [2.75, 3.05) is 19.5 Å². The van der Waals surface area contributed by atoms with Crippen molar-refractivity contribution in [3.63, 3.8) is 0 Å². The van der Waals surface area contributed by atoms with Crippen LogP contribution in [0.2, 0.25) is 5.28 Å². The van der Waals surface area contributed by atoms with E-state index < -0.39 is 12.0 Å². The van der Waals surface area contributed by atoms with Gasteiger partial charge in [-0.15, -0.1) is 0 Å². The highest BCUT2D eigenvalue weighted by molar-refractivity contribution is 6.28. The van der Waals surface area contributed by atoms with Gasteiger partial charge in [0.1, 0.15) is 11.9 Å². The molecule has 1 unspecified atom stereocenters. The van der Waals surface area contributed by atoms with Crippen molar-refractivity contribution in [2.45, 2.75) is 19.4 Å². The van der Waals surface area contributed by atoms with Gasteiger partial charge in [-0.2, -0.15) is 0 Å². The number of rotatable bonds is 6. The number of nitrogens with zero attached hydrogens (tertiary/aromatic N) is 2. The van der Waals surface area contributed by atoms with Crippen LogP contribution in [0.1, 0.15) is 13.3 Å². The topological polar surface area (TPSA) is 93.6 Å². The van der Waals surface area contributed by atoms with Crippen LogP contribution in [0.4, 0.5) is 5.82 Å². The first-order chi connectivity index (χ1) is 10.5. The van der Waals surface area contributed by atoms with Gasteiger partial charge in [0.15, 0.2) is 11.5 Å². The number of halogens is 1. The lowest BCUT2D eigenvalue weighted by molar-refractivity contribution is -0.137. The fourth-order valence-electron chi connectivity index (χ4n) is 2.04. The van der Waals surface area contributed by atoms with Crippen molar-refractivity contribution in [1.82, 2.24) is 9.97 Å². The monoisotopic (exact) mass is 325 g/mol. The maximum absolute atomic E-state index is 11.2. The smallest absolute Gasteiger partial charge is 0.326 e. The Labute approximate surface area is 132 Å². The fourth-order valence-corrected chi connectivity index (χ4v) is 2.22. The molecule has 1 heterocycles. The van der Waals surface area contributed by atoms with E-state index >= 15 is 0 Å². The van der Waals surface area contributed by atoms with E-state index in [0.29, 0.717) is 34.6 Å². The van der Waals surface area contributed by atoms with E-state index in [-0.39, 0.29) is 5.28 Å². The number of hydrogen-bond acceptors (Lipinski definition) is 6. The minimum absolute atomic E-state index is 0.0162. The van der Waals surface area contributed by atoms with Crippen LogP contribution in [0.3, 0.4) is 0 Å². The van der Waals surface area contributed by atoms with E-state index in [1.54, 1.807) is 19.1 Å². The van der Waals surface area contributed by atoms with Gasteiger partial charge in [0.05, 0.1) is 19.7 Å². The lowest BCUT2D eigenvalue weighted by Crippen LogP contribution is -2.28. The van der Waals surface area contributed by atoms with E-state index in [1.807, 2.05) is 0 Å². The van der Waals surface area contributed by atoms with Gasteiger partial charge in [0.2, 0.25) is 5.28 Å². The first kappa shape index (κ1) is 16.1. The minimum Gasteiger partial charge on any atom is -0.493 e. The lowest BCUT2D eigenvalue weighted by atomic mass is 10.1. The van der Waals surface area contributed by atoms with Crippen molar-refractivity contribution in [3.05, 3.63) is 17.4 Å². The molecule has 1 atom stereocenters. The molecule has 0 fully saturated rings. The molecule has 1 aromatic heterocycles. The predicted molar refractivity (Wildman–Crippen MR) is 83.0 cm³/mol. The van der Waals surface area contributed by atoms with Gasteiger partial charge >= 0.3 is 5.97 Å². The maximum atomic E-state index is 11.2. The number of nitrogens with one attached hydrogen (secondary N) is 1. The normalized spacial score (nSPS) is 12.0. The molecule has 0 saturated heterocycles. The number of anilines is 1. The molecular formula is C14H16ClN3O4. The average molecular weight is 326 g/mol. The van der Waals surface area contributed by atoms with E-state index in [2.05, 4.69) is 15.3 Å². The molecule has 8 heteroatoms. The van der Waals surface area contributed by atoms with Crippen LogP contribution in [0.5, 0.6) is 11.5 Å². The summed E-state index contributed by atoms with van der Waals surface area (Å²) in [7, 11) is 3.03. The zero-order chi connectivity index (χ0) is 16.3. The van der Waals surface area contributed by atoms with E-state index in [0.717, 1.165) is 0 Å². The number of fused-ring (bicyclic) bond motifs is 1. The maximum Gasteiger partial charge on any atom is 0.326 e. The van der Waals surface area contributed by atoms with Crippen molar-refractivity contribution in [3.8, 4) is 11.5 Å². The first-order valence-corrected chi connectivity index (χ1v) is 6.96. The number of carbonyl (C=O) groups is 1. The molecule has 0 amide bonds. The Balaban J connectivity index is 2.60. The van der Waals surface area contributed by atoms with Crippen molar-refractivity contribution in [1.29, 1.82) is 0 Å². The summed E-state index contributed by atoms with van der Waals surface area (Å²) in [5.74, 6) is 0.365. The third-order valence-electron chi connectivity index (χ3n) is 3.19. The molecule has 1 aromatic carbocycles. The molecule has 0 saturated carbocycles. The van der Waals surface area contributed by atoms with Gasteiger partial charge in [-0.05, 0) is 24.1 Å². The zero-order valence-corrected chi connectivity index (χ0v) is 13.1. The van der Waals surface area contributed by atoms with Gasteiger partial charge in [-0.1, -0.05) is 6.92 Å². The summed E-state index contributed by atoms with van der Waals surface area (Å²) < 4.78 is 10.5. The number of ether oxygens (including phenoxy) is 2. The first-order valence-electron chi connectivity index (χ1n) is 6.58. The molecule has 0 aliphatic heterocycles. The van der Waals surface area contributed by atoms with Crippen LogP contribution in [-0.2, 0) is 4.79 Å². The van der Waals surface area contributed by atoms with Crippen LogP contribution >= 0.6 is 11.6 Å². The third-order valence-corrected chi connectivity index (χ3v) is 3.36. The Hall–Kier alpha value is -2.28. The molecule has 2 N–H and O–H groups in total. The molecule has 22 heavy (non-hydrogen) atoms. The van der Waals surface area contributed by atoms with E-state index in [4.69, 9.17) is 21.1 Å². The molecule has 0 radical (unpaired) electrons. The van der Waals surface area contributed by atoms with Crippen LogP contribution in [0, 0.1) is 0 Å². The molecule has 7 nitrogen and oxygen atoms in total. The fraction of sp³-hybridized carbons (Fsp3) is 0.357. The molecule has 118 valence electrons. The quantitative estimate of drug-likeness (QED) is 0.788. The standard InChI is InChI=1S/C14H16ClN3O4/c1-4-8(13(19)20)16-12-7-5-10(21-2)11(22-3)6-9(7)17-14(15)18-12/h5-6,8H,4H2,1-3H3,(H,19,20)(H,16,17,18). The SMILES string of the molecule is CCC(Nc1nc(Cl)nc2cc(OC)c(OC)cc12)C(=O)O. The summed E-state index contributed by atoms with van der Waals surface area (Å²) in [6.07, 6.45) is 0.395. The molecule has 0 bridgehead atoms. The summed E-state index contributed by atoms with van der Waals surface area (Å²) in [5.41, 5.74) is 0.528. The number of carboxylic acid groups (broad SMARTS) is 1. The molecule has 2 rings (SSSR count). The van der Waals surface area contributed by atoms with Crippen molar-refractivity contribution < 1.29 is 19.4 Å².